The highest BCUT2D eigenvalue weighted by Crippen LogP contribution is 2.19. The molecule has 0 aliphatic heterocycles. The summed E-state index contributed by atoms with van der Waals surface area (Å²) in [5, 5.41) is 11.5. The molecule has 2 N–H and O–H groups in total. The molecule has 21 heavy (non-hydrogen) atoms. The quantitative estimate of drug-likeness (QED) is 0.844. The van der Waals surface area contributed by atoms with Gasteiger partial charge >= 0.3 is 5.97 Å². The maximum atomic E-state index is 13.3. The first-order valence-electron chi connectivity index (χ1n) is 6.61. The summed E-state index contributed by atoms with van der Waals surface area (Å²) in [6.07, 6.45) is -0.0474. The fourth-order valence-electron chi connectivity index (χ4n) is 1.70. The molecule has 0 heterocycles. The molecule has 0 spiro atoms. The van der Waals surface area contributed by atoms with Crippen LogP contribution in [0, 0.1) is 11.2 Å². The van der Waals surface area contributed by atoms with Gasteiger partial charge in [0.25, 0.3) is 0 Å². The van der Waals surface area contributed by atoms with E-state index in [0.29, 0.717) is 0 Å². The molecule has 5 nitrogen and oxygen atoms in total. The molecule has 1 amide bonds. The lowest BCUT2D eigenvalue weighted by Crippen LogP contribution is -2.49. The molecule has 1 rings (SSSR count). The number of para-hydroxylation sites is 1. The largest absolute Gasteiger partial charge is 0.490 e. The Morgan fingerprint density at radius 3 is 2.48 bits per heavy atom. The van der Waals surface area contributed by atoms with Crippen LogP contribution in [0.5, 0.6) is 5.75 Å². The summed E-state index contributed by atoms with van der Waals surface area (Å²) in [6, 6.07) is 4.89. The Morgan fingerprint density at radius 2 is 1.95 bits per heavy atom. The fourth-order valence-corrected chi connectivity index (χ4v) is 1.70. The first kappa shape index (κ1) is 16.9. The molecule has 0 aliphatic carbocycles. The highest BCUT2D eigenvalue weighted by molar-refractivity contribution is 5.84. The highest BCUT2D eigenvalue weighted by Gasteiger charge is 2.32. The van der Waals surface area contributed by atoms with E-state index in [9.17, 15) is 14.0 Å². The Kier molecular flexibility index (Phi) is 5.69. The SMILES string of the molecule is CC(C)(C)[C@H](NC(=O)CCOc1ccccc1F)C(=O)O. The number of carbonyl (C=O) groups excluding carboxylic acids is 1. The first-order valence-corrected chi connectivity index (χ1v) is 6.61. The normalized spacial score (nSPS) is 12.6. The van der Waals surface area contributed by atoms with Crippen LogP contribution in [0.15, 0.2) is 24.3 Å². The predicted molar refractivity (Wildman–Crippen MR) is 75.5 cm³/mol. The van der Waals surface area contributed by atoms with Gasteiger partial charge in [0.15, 0.2) is 11.6 Å². The molecular formula is C15H20FNO4. The molecule has 0 radical (unpaired) electrons. The molecule has 1 aromatic carbocycles. The Bertz CT molecular complexity index is 511. The van der Waals surface area contributed by atoms with Crippen LogP contribution >= 0.6 is 0 Å². The number of halogens is 1. The predicted octanol–water partition coefficient (Wildman–Crippen LogP) is 2.21. The van der Waals surface area contributed by atoms with Crippen molar-refractivity contribution < 1.29 is 23.8 Å². The van der Waals surface area contributed by atoms with E-state index in [-0.39, 0.29) is 18.8 Å². The van der Waals surface area contributed by atoms with Crippen LogP contribution in [0.1, 0.15) is 27.2 Å². The third-order valence-corrected chi connectivity index (χ3v) is 2.84. The van der Waals surface area contributed by atoms with Crippen molar-refractivity contribution in [3.05, 3.63) is 30.1 Å². The van der Waals surface area contributed by atoms with Crippen molar-refractivity contribution in [1.29, 1.82) is 0 Å². The molecule has 6 heteroatoms. The Balaban J connectivity index is 2.47. The molecule has 0 saturated carbocycles. The average molecular weight is 297 g/mol. The monoisotopic (exact) mass is 297 g/mol. The second kappa shape index (κ2) is 7.06. The zero-order valence-corrected chi connectivity index (χ0v) is 12.4. The molecular weight excluding hydrogens is 277 g/mol. The van der Waals surface area contributed by atoms with Crippen molar-refractivity contribution in [3.63, 3.8) is 0 Å². The molecule has 0 fully saturated rings. The number of ether oxygens (including phenoxy) is 1. The minimum Gasteiger partial charge on any atom is -0.490 e. The number of carbonyl (C=O) groups is 2. The van der Waals surface area contributed by atoms with Crippen LogP contribution in [-0.2, 0) is 9.59 Å². The van der Waals surface area contributed by atoms with Crippen molar-refractivity contribution >= 4 is 11.9 Å². The molecule has 1 aromatic rings. The van der Waals surface area contributed by atoms with Crippen molar-refractivity contribution in [2.24, 2.45) is 5.41 Å². The number of benzene rings is 1. The zero-order chi connectivity index (χ0) is 16.0. The molecule has 0 aromatic heterocycles. The second-order valence-electron chi connectivity index (χ2n) is 5.73. The molecule has 0 unspecified atom stereocenters. The number of hydrogen-bond acceptors (Lipinski definition) is 3. The number of rotatable bonds is 6. The number of nitrogens with one attached hydrogen (secondary N) is 1. The highest BCUT2D eigenvalue weighted by atomic mass is 19.1. The Hall–Kier alpha value is -2.11. The summed E-state index contributed by atoms with van der Waals surface area (Å²) in [6.45, 7) is 5.15. The van der Waals surface area contributed by atoms with Gasteiger partial charge in [0, 0.05) is 0 Å². The molecule has 0 saturated heterocycles. The van der Waals surface area contributed by atoms with Gasteiger partial charge in [0.1, 0.15) is 6.04 Å². The maximum absolute atomic E-state index is 13.3. The van der Waals surface area contributed by atoms with Crippen LogP contribution in [-0.4, -0.2) is 29.6 Å². The average Bonchev–Trinajstić information content (AvgIpc) is 2.36. The van der Waals surface area contributed by atoms with E-state index in [1.807, 2.05) is 0 Å². The van der Waals surface area contributed by atoms with Crippen LogP contribution < -0.4 is 10.1 Å². The maximum Gasteiger partial charge on any atom is 0.326 e. The molecule has 0 bridgehead atoms. The number of carboxylic acid groups (broad SMARTS) is 1. The summed E-state index contributed by atoms with van der Waals surface area (Å²) < 4.78 is 18.4. The summed E-state index contributed by atoms with van der Waals surface area (Å²) in [7, 11) is 0. The minimum atomic E-state index is -1.09. The third kappa shape index (κ3) is 5.41. The number of hydrogen-bond donors (Lipinski definition) is 2. The number of aliphatic carboxylic acids is 1. The summed E-state index contributed by atoms with van der Waals surface area (Å²) in [5.74, 6) is -1.98. The first-order chi connectivity index (χ1) is 9.71. The van der Waals surface area contributed by atoms with Gasteiger partial charge in [0.2, 0.25) is 5.91 Å². The zero-order valence-electron chi connectivity index (χ0n) is 12.4. The fraction of sp³-hybridized carbons (Fsp3) is 0.467. The van der Waals surface area contributed by atoms with Gasteiger partial charge in [-0.05, 0) is 17.5 Å². The molecule has 0 aliphatic rings. The van der Waals surface area contributed by atoms with Gasteiger partial charge in [-0.2, -0.15) is 0 Å². The van der Waals surface area contributed by atoms with Crippen LogP contribution in [0.2, 0.25) is 0 Å². The van der Waals surface area contributed by atoms with E-state index in [0.717, 1.165) is 0 Å². The molecule has 116 valence electrons. The van der Waals surface area contributed by atoms with E-state index in [4.69, 9.17) is 9.84 Å². The van der Waals surface area contributed by atoms with Crippen molar-refractivity contribution in [1.82, 2.24) is 5.32 Å². The second-order valence-corrected chi connectivity index (χ2v) is 5.73. The summed E-state index contributed by atoms with van der Waals surface area (Å²) >= 11 is 0. The van der Waals surface area contributed by atoms with E-state index in [1.54, 1.807) is 26.8 Å². The van der Waals surface area contributed by atoms with Crippen LogP contribution in [0.4, 0.5) is 4.39 Å². The van der Waals surface area contributed by atoms with Crippen molar-refractivity contribution in [2.45, 2.75) is 33.2 Å². The van der Waals surface area contributed by atoms with E-state index < -0.39 is 29.2 Å². The Labute approximate surface area is 123 Å². The van der Waals surface area contributed by atoms with E-state index in [2.05, 4.69) is 5.32 Å². The lowest BCUT2D eigenvalue weighted by molar-refractivity contribution is -0.145. The van der Waals surface area contributed by atoms with Gasteiger partial charge < -0.3 is 15.2 Å². The van der Waals surface area contributed by atoms with Gasteiger partial charge in [-0.15, -0.1) is 0 Å². The number of carboxylic acids is 1. The van der Waals surface area contributed by atoms with Gasteiger partial charge in [-0.1, -0.05) is 32.9 Å². The van der Waals surface area contributed by atoms with Gasteiger partial charge in [-0.25, -0.2) is 9.18 Å². The van der Waals surface area contributed by atoms with Crippen LogP contribution in [0.3, 0.4) is 0 Å². The smallest absolute Gasteiger partial charge is 0.326 e. The Morgan fingerprint density at radius 1 is 1.33 bits per heavy atom. The standard InChI is InChI=1S/C15H20FNO4/c1-15(2,3)13(14(19)20)17-12(18)8-9-21-11-7-5-4-6-10(11)16/h4-7,13H,8-9H2,1-3H3,(H,17,18)(H,19,20)/t13-/m1/s1. The summed E-state index contributed by atoms with van der Waals surface area (Å²) in [5.41, 5.74) is -0.603. The van der Waals surface area contributed by atoms with E-state index in [1.165, 1.54) is 18.2 Å². The summed E-state index contributed by atoms with van der Waals surface area (Å²) in [4.78, 5) is 22.9. The van der Waals surface area contributed by atoms with Gasteiger partial charge in [0.05, 0.1) is 13.0 Å². The number of amides is 1. The lowest BCUT2D eigenvalue weighted by Gasteiger charge is -2.27. The van der Waals surface area contributed by atoms with Crippen molar-refractivity contribution in [3.8, 4) is 5.75 Å². The van der Waals surface area contributed by atoms with Crippen LogP contribution in [0.25, 0.3) is 0 Å². The van der Waals surface area contributed by atoms with E-state index >= 15 is 0 Å². The molecule has 1 atom stereocenters. The minimum absolute atomic E-state index is 0.0246. The topological polar surface area (TPSA) is 75.6 Å². The third-order valence-electron chi connectivity index (χ3n) is 2.84. The lowest BCUT2D eigenvalue weighted by atomic mass is 9.86. The van der Waals surface area contributed by atoms with Gasteiger partial charge in [-0.3, -0.25) is 4.79 Å². The van der Waals surface area contributed by atoms with Crippen molar-refractivity contribution in [2.75, 3.05) is 6.61 Å².